The molecule has 2 rings (SSSR count). The molecule has 1 heterocycles. The van der Waals surface area contributed by atoms with Gasteiger partial charge in [-0.15, -0.1) is 0 Å². The minimum Gasteiger partial charge on any atom is -0.497 e. The number of benzene rings is 1. The molecular formula is C11H11BrN2OS. The van der Waals surface area contributed by atoms with Crippen LogP contribution in [0.25, 0.3) is 5.69 Å². The molecule has 0 saturated carbocycles. The Morgan fingerprint density at radius 2 is 2.12 bits per heavy atom. The maximum absolute atomic E-state index is 5.23. The maximum atomic E-state index is 5.23. The molecule has 84 valence electrons. The van der Waals surface area contributed by atoms with E-state index in [2.05, 4.69) is 20.9 Å². The van der Waals surface area contributed by atoms with Crippen LogP contribution >= 0.6 is 28.1 Å². The molecule has 5 heteroatoms. The lowest BCUT2D eigenvalue weighted by atomic mass is 10.3. The zero-order chi connectivity index (χ0) is 11.7. The number of aromatic nitrogens is 2. The summed E-state index contributed by atoms with van der Waals surface area (Å²) in [5.41, 5.74) is 2.00. The van der Waals surface area contributed by atoms with Gasteiger partial charge in [-0.25, -0.2) is 0 Å². The number of nitrogens with zero attached hydrogens (tertiary/aromatic N) is 1. The van der Waals surface area contributed by atoms with Gasteiger partial charge in [0.25, 0.3) is 0 Å². The molecule has 0 bridgehead atoms. The number of imidazole rings is 1. The van der Waals surface area contributed by atoms with Gasteiger partial charge in [-0.2, -0.15) is 0 Å². The summed E-state index contributed by atoms with van der Waals surface area (Å²) < 4.78 is 8.77. The normalized spacial score (nSPS) is 10.4. The second-order valence-corrected chi connectivity index (χ2v) is 4.76. The van der Waals surface area contributed by atoms with E-state index in [1.165, 1.54) is 0 Å². The topological polar surface area (TPSA) is 29.9 Å². The van der Waals surface area contributed by atoms with Crippen molar-refractivity contribution in [1.82, 2.24) is 9.55 Å². The molecule has 0 aliphatic carbocycles. The van der Waals surface area contributed by atoms with Crippen molar-refractivity contribution in [2.45, 2.75) is 6.92 Å². The zero-order valence-corrected chi connectivity index (χ0v) is 11.4. The first-order valence-corrected chi connectivity index (χ1v) is 5.93. The summed E-state index contributed by atoms with van der Waals surface area (Å²) in [6.45, 7) is 1.97. The second-order valence-electron chi connectivity index (χ2n) is 3.46. The smallest absolute Gasteiger partial charge is 0.181 e. The van der Waals surface area contributed by atoms with Gasteiger partial charge < -0.3 is 9.72 Å². The number of aromatic amines is 1. The number of hydrogen-bond acceptors (Lipinski definition) is 2. The standard InChI is InChI=1S/C11H11BrN2OS/c1-7-6-14(11(16)13-7)9-3-8(12)4-10(5-9)15-2/h3-6H,1-2H3,(H,13,16). The molecule has 1 N–H and O–H groups in total. The van der Waals surface area contributed by atoms with Crippen LogP contribution in [0, 0.1) is 11.7 Å². The van der Waals surface area contributed by atoms with Gasteiger partial charge in [-0.3, -0.25) is 4.57 Å². The summed E-state index contributed by atoms with van der Waals surface area (Å²) in [4.78, 5) is 3.08. The maximum Gasteiger partial charge on any atom is 0.181 e. The summed E-state index contributed by atoms with van der Waals surface area (Å²) in [6.07, 6.45) is 1.96. The Morgan fingerprint density at radius 3 is 2.69 bits per heavy atom. The van der Waals surface area contributed by atoms with E-state index in [1.54, 1.807) is 7.11 Å². The molecule has 16 heavy (non-hydrogen) atoms. The molecule has 3 nitrogen and oxygen atoms in total. The highest BCUT2D eigenvalue weighted by Crippen LogP contribution is 2.24. The number of rotatable bonds is 2. The van der Waals surface area contributed by atoms with Crippen molar-refractivity contribution in [3.05, 3.63) is 39.3 Å². The van der Waals surface area contributed by atoms with Crippen molar-refractivity contribution in [1.29, 1.82) is 0 Å². The minimum atomic E-state index is 0.678. The van der Waals surface area contributed by atoms with E-state index in [9.17, 15) is 0 Å². The first-order chi connectivity index (χ1) is 7.60. The summed E-state index contributed by atoms with van der Waals surface area (Å²) in [7, 11) is 1.65. The van der Waals surface area contributed by atoms with Gasteiger partial charge >= 0.3 is 0 Å². The number of H-pyrrole nitrogens is 1. The number of halogens is 1. The highest BCUT2D eigenvalue weighted by atomic mass is 79.9. The van der Waals surface area contributed by atoms with Gasteiger partial charge in [-0.1, -0.05) is 15.9 Å². The predicted molar refractivity (Wildman–Crippen MR) is 69.9 cm³/mol. The fraction of sp³-hybridized carbons (Fsp3) is 0.182. The van der Waals surface area contributed by atoms with E-state index in [0.29, 0.717) is 4.77 Å². The molecule has 2 aromatic rings. The number of methoxy groups -OCH3 is 1. The average Bonchev–Trinajstić information content (AvgIpc) is 2.57. The van der Waals surface area contributed by atoms with Crippen molar-refractivity contribution < 1.29 is 4.74 Å². The third kappa shape index (κ3) is 2.20. The van der Waals surface area contributed by atoms with E-state index in [4.69, 9.17) is 17.0 Å². The van der Waals surface area contributed by atoms with Crippen LogP contribution in [0.5, 0.6) is 5.75 Å². The fourth-order valence-corrected chi connectivity index (χ4v) is 2.29. The van der Waals surface area contributed by atoms with E-state index < -0.39 is 0 Å². The van der Waals surface area contributed by atoms with Crippen LogP contribution in [-0.2, 0) is 0 Å². The van der Waals surface area contributed by atoms with Crippen molar-refractivity contribution in [2.75, 3.05) is 7.11 Å². The van der Waals surface area contributed by atoms with Gasteiger partial charge in [0, 0.05) is 22.4 Å². The molecule has 0 amide bonds. The van der Waals surface area contributed by atoms with Crippen molar-refractivity contribution in [2.24, 2.45) is 0 Å². The monoisotopic (exact) mass is 298 g/mol. The third-order valence-corrected chi connectivity index (χ3v) is 2.97. The average molecular weight is 299 g/mol. The number of aryl methyl sites for hydroxylation is 1. The van der Waals surface area contributed by atoms with Crippen LogP contribution in [0.4, 0.5) is 0 Å². The van der Waals surface area contributed by atoms with Crippen molar-refractivity contribution in [3.8, 4) is 11.4 Å². The van der Waals surface area contributed by atoms with Crippen LogP contribution in [0.15, 0.2) is 28.9 Å². The molecule has 0 saturated heterocycles. The van der Waals surface area contributed by atoms with Crippen molar-refractivity contribution >= 4 is 28.1 Å². The lowest BCUT2D eigenvalue weighted by Crippen LogP contribution is -1.93. The van der Waals surface area contributed by atoms with E-state index in [0.717, 1.165) is 21.6 Å². The number of nitrogens with one attached hydrogen (secondary N) is 1. The summed E-state index contributed by atoms with van der Waals surface area (Å²) in [6, 6.07) is 5.84. The molecule has 0 fully saturated rings. The van der Waals surface area contributed by atoms with Crippen LogP contribution in [0.1, 0.15) is 5.69 Å². The first-order valence-electron chi connectivity index (χ1n) is 4.73. The molecule has 0 atom stereocenters. The van der Waals surface area contributed by atoms with E-state index >= 15 is 0 Å². The van der Waals surface area contributed by atoms with Gasteiger partial charge in [-0.05, 0) is 31.3 Å². The summed E-state index contributed by atoms with van der Waals surface area (Å²) in [5.74, 6) is 0.796. The SMILES string of the molecule is COc1cc(Br)cc(-n2cc(C)[nH]c2=S)c1. The molecule has 0 radical (unpaired) electrons. The Balaban J connectivity index is 2.59. The largest absolute Gasteiger partial charge is 0.497 e. The fourth-order valence-electron chi connectivity index (χ4n) is 1.51. The van der Waals surface area contributed by atoms with Crippen molar-refractivity contribution in [3.63, 3.8) is 0 Å². The minimum absolute atomic E-state index is 0.678. The Hall–Kier alpha value is -1.07. The van der Waals surface area contributed by atoms with Crippen LogP contribution in [-0.4, -0.2) is 16.7 Å². The Labute approximate surface area is 107 Å². The van der Waals surface area contributed by atoms with E-state index in [1.807, 2.05) is 35.9 Å². The predicted octanol–water partition coefficient (Wildman–Crippen LogP) is 3.61. The lowest BCUT2D eigenvalue weighted by molar-refractivity contribution is 0.414. The van der Waals surface area contributed by atoms with E-state index in [-0.39, 0.29) is 0 Å². The zero-order valence-electron chi connectivity index (χ0n) is 8.95. The van der Waals surface area contributed by atoms with Crippen LogP contribution in [0.3, 0.4) is 0 Å². The van der Waals surface area contributed by atoms with Gasteiger partial charge in [0.2, 0.25) is 0 Å². The highest BCUT2D eigenvalue weighted by Gasteiger charge is 2.03. The molecule has 0 aliphatic heterocycles. The Bertz CT molecular complexity index is 574. The second kappa shape index (κ2) is 4.43. The molecule has 0 spiro atoms. The quantitative estimate of drug-likeness (QED) is 0.858. The summed E-state index contributed by atoms with van der Waals surface area (Å²) in [5, 5.41) is 0. The molecule has 1 aromatic heterocycles. The number of ether oxygens (including phenoxy) is 1. The van der Waals surface area contributed by atoms with Gasteiger partial charge in [0.05, 0.1) is 12.8 Å². The van der Waals surface area contributed by atoms with Gasteiger partial charge in [0.1, 0.15) is 5.75 Å². The Morgan fingerprint density at radius 1 is 1.38 bits per heavy atom. The highest BCUT2D eigenvalue weighted by molar-refractivity contribution is 9.10. The third-order valence-electron chi connectivity index (χ3n) is 2.22. The van der Waals surface area contributed by atoms with Crippen LogP contribution < -0.4 is 4.74 Å². The summed E-state index contributed by atoms with van der Waals surface area (Å²) >= 11 is 8.67. The number of hydrogen-bond donors (Lipinski definition) is 1. The van der Waals surface area contributed by atoms with Gasteiger partial charge in [0.15, 0.2) is 4.77 Å². The van der Waals surface area contributed by atoms with Crippen LogP contribution in [0.2, 0.25) is 0 Å². The first kappa shape index (κ1) is 11.4. The lowest BCUT2D eigenvalue weighted by Gasteiger charge is -2.06. The molecule has 1 aromatic carbocycles. The molecule has 0 aliphatic rings. The molecule has 0 unspecified atom stereocenters. The Kier molecular flexibility index (Phi) is 3.16. The molecular weight excluding hydrogens is 288 g/mol.